The van der Waals surface area contributed by atoms with Crippen molar-refractivity contribution < 1.29 is 14.6 Å². The van der Waals surface area contributed by atoms with Crippen LogP contribution in [-0.2, 0) is 6.61 Å². The zero-order chi connectivity index (χ0) is 11.5. The number of rotatable bonds is 5. The smallest absolute Gasteiger partial charge is 0.162 e. The van der Waals surface area contributed by atoms with E-state index in [9.17, 15) is 0 Å². The number of methoxy groups -OCH3 is 1. The second-order valence-corrected chi connectivity index (χ2v) is 4.41. The van der Waals surface area contributed by atoms with Crippen LogP contribution in [0.2, 0.25) is 5.02 Å². The van der Waals surface area contributed by atoms with Crippen molar-refractivity contribution in [3.63, 3.8) is 0 Å². The first-order chi connectivity index (χ1) is 7.74. The lowest BCUT2D eigenvalue weighted by Gasteiger charge is -2.12. The molecule has 3 nitrogen and oxygen atoms in total. The Morgan fingerprint density at radius 1 is 1.38 bits per heavy atom. The van der Waals surface area contributed by atoms with Gasteiger partial charge < -0.3 is 14.6 Å². The molecule has 1 saturated carbocycles. The Kier molecular flexibility index (Phi) is 3.56. The van der Waals surface area contributed by atoms with Crippen LogP contribution in [-0.4, -0.2) is 18.8 Å². The van der Waals surface area contributed by atoms with Gasteiger partial charge >= 0.3 is 0 Å². The molecule has 1 fully saturated rings. The van der Waals surface area contributed by atoms with Crippen LogP contribution in [0.4, 0.5) is 0 Å². The maximum absolute atomic E-state index is 9.08. The molecule has 1 aromatic rings. The quantitative estimate of drug-likeness (QED) is 0.863. The average Bonchev–Trinajstić information content (AvgIpc) is 3.10. The number of ether oxygens (including phenoxy) is 2. The van der Waals surface area contributed by atoms with E-state index >= 15 is 0 Å². The summed E-state index contributed by atoms with van der Waals surface area (Å²) in [6.07, 6.45) is 2.48. The van der Waals surface area contributed by atoms with Crippen molar-refractivity contribution in [2.45, 2.75) is 19.4 Å². The van der Waals surface area contributed by atoms with Gasteiger partial charge in [0.15, 0.2) is 11.5 Å². The maximum atomic E-state index is 9.08. The van der Waals surface area contributed by atoms with Crippen LogP contribution >= 0.6 is 11.6 Å². The molecule has 0 atom stereocenters. The van der Waals surface area contributed by atoms with Crippen LogP contribution in [0.25, 0.3) is 0 Å². The zero-order valence-corrected chi connectivity index (χ0v) is 9.96. The van der Waals surface area contributed by atoms with Crippen molar-refractivity contribution >= 4 is 11.6 Å². The van der Waals surface area contributed by atoms with Gasteiger partial charge in [0.1, 0.15) is 0 Å². The van der Waals surface area contributed by atoms with Gasteiger partial charge in [-0.15, -0.1) is 0 Å². The molecule has 0 amide bonds. The van der Waals surface area contributed by atoms with E-state index < -0.39 is 0 Å². The molecule has 0 saturated heterocycles. The largest absolute Gasteiger partial charge is 0.493 e. The number of aliphatic hydroxyl groups is 1. The number of hydrogen-bond acceptors (Lipinski definition) is 3. The summed E-state index contributed by atoms with van der Waals surface area (Å²) in [7, 11) is 1.58. The van der Waals surface area contributed by atoms with Gasteiger partial charge in [0, 0.05) is 6.07 Å². The number of hydrogen-bond donors (Lipinski definition) is 1. The van der Waals surface area contributed by atoms with Gasteiger partial charge in [-0.1, -0.05) is 11.6 Å². The van der Waals surface area contributed by atoms with E-state index in [1.165, 1.54) is 12.8 Å². The zero-order valence-electron chi connectivity index (χ0n) is 9.20. The minimum Gasteiger partial charge on any atom is -0.493 e. The van der Waals surface area contributed by atoms with Crippen molar-refractivity contribution in [2.24, 2.45) is 5.92 Å². The highest BCUT2D eigenvalue weighted by Crippen LogP contribution is 2.36. The van der Waals surface area contributed by atoms with Gasteiger partial charge in [-0.2, -0.15) is 0 Å². The molecule has 4 heteroatoms. The minimum absolute atomic E-state index is 0.0991. The molecular formula is C12H15ClO3. The lowest BCUT2D eigenvalue weighted by Crippen LogP contribution is -2.01. The van der Waals surface area contributed by atoms with Gasteiger partial charge in [0.25, 0.3) is 0 Å². The van der Waals surface area contributed by atoms with E-state index in [-0.39, 0.29) is 6.61 Å². The molecular weight excluding hydrogens is 228 g/mol. The number of halogens is 1. The monoisotopic (exact) mass is 242 g/mol. The van der Waals surface area contributed by atoms with Crippen molar-refractivity contribution in [1.29, 1.82) is 0 Å². The SMILES string of the molecule is COc1cc(CO)c(Cl)cc1OCC1CC1. The third-order valence-electron chi connectivity index (χ3n) is 2.67. The summed E-state index contributed by atoms with van der Waals surface area (Å²) < 4.78 is 10.8. The van der Waals surface area contributed by atoms with Crippen molar-refractivity contribution in [1.82, 2.24) is 0 Å². The highest BCUT2D eigenvalue weighted by atomic mass is 35.5. The summed E-state index contributed by atoms with van der Waals surface area (Å²) in [5, 5.41) is 9.59. The van der Waals surface area contributed by atoms with E-state index in [1.807, 2.05) is 0 Å². The predicted molar refractivity (Wildman–Crippen MR) is 62.1 cm³/mol. The van der Waals surface area contributed by atoms with Crippen molar-refractivity contribution in [2.75, 3.05) is 13.7 Å². The van der Waals surface area contributed by atoms with E-state index in [2.05, 4.69) is 0 Å². The Labute approximate surface area is 99.9 Å². The van der Waals surface area contributed by atoms with Crippen molar-refractivity contribution in [3.05, 3.63) is 22.7 Å². The molecule has 0 aromatic heterocycles. The molecule has 1 aromatic carbocycles. The molecule has 1 aliphatic carbocycles. The van der Waals surface area contributed by atoms with Crippen LogP contribution in [0.5, 0.6) is 11.5 Å². The van der Waals surface area contributed by atoms with Gasteiger partial charge in [0.05, 0.1) is 25.3 Å². The van der Waals surface area contributed by atoms with Gasteiger partial charge in [-0.25, -0.2) is 0 Å². The molecule has 16 heavy (non-hydrogen) atoms. The van der Waals surface area contributed by atoms with Gasteiger partial charge in [-0.05, 0) is 30.4 Å². The van der Waals surface area contributed by atoms with E-state index in [4.69, 9.17) is 26.2 Å². The first kappa shape index (κ1) is 11.6. The summed E-state index contributed by atoms with van der Waals surface area (Å²) in [6.45, 7) is 0.614. The van der Waals surface area contributed by atoms with Crippen LogP contribution in [0.15, 0.2) is 12.1 Å². The summed E-state index contributed by atoms with van der Waals surface area (Å²) in [5.74, 6) is 1.95. The molecule has 0 spiro atoms. The lowest BCUT2D eigenvalue weighted by molar-refractivity contribution is 0.272. The highest BCUT2D eigenvalue weighted by molar-refractivity contribution is 6.31. The fourth-order valence-corrected chi connectivity index (χ4v) is 1.68. The predicted octanol–water partition coefficient (Wildman–Crippen LogP) is 2.63. The minimum atomic E-state index is -0.0991. The van der Waals surface area contributed by atoms with Gasteiger partial charge in [-0.3, -0.25) is 0 Å². The molecule has 0 bridgehead atoms. The molecule has 88 valence electrons. The van der Waals surface area contributed by atoms with Crippen LogP contribution in [0.1, 0.15) is 18.4 Å². The Morgan fingerprint density at radius 2 is 2.12 bits per heavy atom. The fraction of sp³-hybridized carbons (Fsp3) is 0.500. The topological polar surface area (TPSA) is 38.7 Å². The third-order valence-corrected chi connectivity index (χ3v) is 3.03. The van der Waals surface area contributed by atoms with Crippen LogP contribution in [0, 0.1) is 5.92 Å². The van der Waals surface area contributed by atoms with Crippen molar-refractivity contribution in [3.8, 4) is 11.5 Å². The summed E-state index contributed by atoms with van der Waals surface area (Å²) in [4.78, 5) is 0. The second kappa shape index (κ2) is 4.93. The molecule has 1 aliphatic rings. The first-order valence-electron chi connectivity index (χ1n) is 5.34. The Balaban J connectivity index is 2.16. The first-order valence-corrected chi connectivity index (χ1v) is 5.72. The summed E-state index contributed by atoms with van der Waals surface area (Å²) in [6, 6.07) is 3.42. The van der Waals surface area contributed by atoms with E-state index in [1.54, 1.807) is 19.2 Å². The lowest BCUT2D eigenvalue weighted by atomic mass is 10.2. The summed E-state index contributed by atoms with van der Waals surface area (Å²) in [5.41, 5.74) is 0.650. The second-order valence-electron chi connectivity index (χ2n) is 4.01. The highest BCUT2D eigenvalue weighted by Gasteiger charge is 2.22. The van der Waals surface area contributed by atoms with E-state index in [0.717, 1.165) is 0 Å². The Hall–Kier alpha value is -0.930. The molecule has 1 N–H and O–H groups in total. The Bertz CT molecular complexity index is 375. The Morgan fingerprint density at radius 3 is 2.69 bits per heavy atom. The normalized spacial score (nSPS) is 14.9. The summed E-state index contributed by atoms with van der Waals surface area (Å²) >= 11 is 5.99. The fourth-order valence-electron chi connectivity index (χ4n) is 1.46. The molecule has 2 rings (SSSR count). The molecule has 0 radical (unpaired) electrons. The molecule has 0 unspecified atom stereocenters. The average molecular weight is 243 g/mol. The number of aliphatic hydroxyl groups excluding tert-OH is 1. The number of benzene rings is 1. The molecule has 0 aliphatic heterocycles. The molecule has 0 heterocycles. The maximum Gasteiger partial charge on any atom is 0.162 e. The standard InChI is InChI=1S/C12H15ClO3/c1-15-11-4-9(6-14)10(13)5-12(11)16-7-8-2-3-8/h4-5,8,14H,2-3,6-7H2,1H3. The third kappa shape index (κ3) is 2.60. The van der Waals surface area contributed by atoms with Gasteiger partial charge in [0.2, 0.25) is 0 Å². The van der Waals surface area contributed by atoms with E-state index in [0.29, 0.717) is 34.6 Å². The van der Waals surface area contributed by atoms with Crippen LogP contribution in [0.3, 0.4) is 0 Å². The van der Waals surface area contributed by atoms with Crippen LogP contribution < -0.4 is 9.47 Å².